The van der Waals surface area contributed by atoms with Crippen LogP contribution in [0, 0.1) is 5.92 Å². The van der Waals surface area contributed by atoms with E-state index in [0.717, 1.165) is 16.7 Å². The number of esters is 1. The fourth-order valence-electron chi connectivity index (χ4n) is 3.51. The molecular formula is C26H26O3. The average molecular weight is 386 g/mol. The van der Waals surface area contributed by atoms with Crippen molar-refractivity contribution in [2.45, 2.75) is 12.0 Å². The molecule has 3 nitrogen and oxygen atoms in total. The van der Waals surface area contributed by atoms with E-state index < -0.39 is 5.60 Å². The monoisotopic (exact) mass is 386 g/mol. The van der Waals surface area contributed by atoms with Gasteiger partial charge in [-0.25, -0.2) is 0 Å². The Morgan fingerprint density at radius 2 is 1.28 bits per heavy atom. The van der Waals surface area contributed by atoms with Crippen molar-refractivity contribution in [1.82, 2.24) is 0 Å². The third-order valence-corrected chi connectivity index (χ3v) is 5.04. The van der Waals surface area contributed by atoms with Crippen LogP contribution in [0.3, 0.4) is 0 Å². The van der Waals surface area contributed by atoms with Crippen molar-refractivity contribution in [1.29, 1.82) is 0 Å². The molecule has 148 valence electrons. The molecule has 0 bridgehead atoms. The van der Waals surface area contributed by atoms with Crippen LogP contribution in [-0.4, -0.2) is 19.7 Å². The lowest BCUT2D eigenvalue weighted by Gasteiger charge is -2.36. The van der Waals surface area contributed by atoms with Crippen LogP contribution >= 0.6 is 0 Å². The van der Waals surface area contributed by atoms with E-state index in [9.17, 15) is 4.79 Å². The summed E-state index contributed by atoms with van der Waals surface area (Å²) in [6, 6.07) is 30.5. The highest BCUT2D eigenvalue weighted by atomic mass is 16.5. The molecule has 0 aliphatic heterocycles. The van der Waals surface area contributed by atoms with Crippen molar-refractivity contribution in [3.05, 3.63) is 120 Å². The molecule has 0 heterocycles. The van der Waals surface area contributed by atoms with E-state index in [1.54, 1.807) is 6.08 Å². The summed E-state index contributed by atoms with van der Waals surface area (Å²) >= 11 is 0. The third-order valence-electron chi connectivity index (χ3n) is 5.04. The maximum Gasteiger partial charge on any atom is 0.306 e. The second-order valence-electron chi connectivity index (χ2n) is 6.87. The molecule has 0 saturated heterocycles. The third kappa shape index (κ3) is 4.64. The summed E-state index contributed by atoms with van der Waals surface area (Å²) in [5.41, 5.74) is 2.27. The van der Waals surface area contributed by atoms with Gasteiger partial charge in [-0.2, -0.15) is 0 Å². The highest BCUT2D eigenvalue weighted by Crippen LogP contribution is 2.40. The zero-order valence-electron chi connectivity index (χ0n) is 16.7. The second kappa shape index (κ2) is 9.85. The summed E-state index contributed by atoms with van der Waals surface area (Å²) in [6.07, 6.45) is 1.98. The highest BCUT2D eigenvalue weighted by molar-refractivity contribution is 5.69. The quantitative estimate of drug-likeness (QED) is 0.282. The Morgan fingerprint density at radius 1 is 0.862 bits per heavy atom. The summed E-state index contributed by atoms with van der Waals surface area (Å²) in [5, 5.41) is 0. The molecule has 0 aliphatic carbocycles. The second-order valence-corrected chi connectivity index (χ2v) is 6.87. The first-order chi connectivity index (χ1) is 14.2. The number of carbonyl (C=O) groups is 1. The van der Waals surface area contributed by atoms with E-state index in [-0.39, 0.29) is 18.3 Å². The first-order valence-electron chi connectivity index (χ1n) is 9.70. The molecule has 0 amide bonds. The van der Waals surface area contributed by atoms with Gasteiger partial charge in [0, 0.05) is 5.92 Å². The van der Waals surface area contributed by atoms with Crippen molar-refractivity contribution in [3.8, 4) is 0 Å². The van der Waals surface area contributed by atoms with Gasteiger partial charge in [0.2, 0.25) is 0 Å². The van der Waals surface area contributed by atoms with Gasteiger partial charge >= 0.3 is 5.97 Å². The van der Waals surface area contributed by atoms with Gasteiger partial charge in [-0.15, -0.1) is 6.58 Å². The zero-order chi connectivity index (χ0) is 20.5. The smallest absolute Gasteiger partial charge is 0.306 e. The van der Waals surface area contributed by atoms with E-state index in [2.05, 4.69) is 43.0 Å². The van der Waals surface area contributed by atoms with Crippen molar-refractivity contribution in [2.75, 3.05) is 13.7 Å². The fraction of sp³-hybridized carbons (Fsp3) is 0.192. The van der Waals surface area contributed by atoms with E-state index in [0.29, 0.717) is 6.61 Å². The minimum Gasteiger partial charge on any atom is -0.469 e. The van der Waals surface area contributed by atoms with Crippen LogP contribution in [0.4, 0.5) is 0 Å². The lowest BCUT2D eigenvalue weighted by Crippen LogP contribution is -2.34. The van der Waals surface area contributed by atoms with Gasteiger partial charge in [-0.05, 0) is 16.7 Å². The number of methoxy groups -OCH3 is 1. The predicted molar refractivity (Wildman–Crippen MR) is 115 cm³/mol. The van der Waals surface area contributed by atoms with Crippen molar-refractivity contribution < 1.29 is 14.3 Å². The Morgan fingerprint density at radius 3 is 1.62 bits per heavy atom. The lowest BCUT2D eigenvalue weighted by atomic mass is 9.80. The predicted octanol–water partition coefficient (Wildman–Crippen LogP) is 5.36. The summed E-state index contributed by atoms with van der Waals surface area (Å²) < 4.78 is 11.5. The Bertz CT molecular complexity index is 808. The molecule has 1 atom stereocenters. The van der Waals surface area contributed by atoms with E-state index >= 15 is 0 Å². The number of hydrogen-bond acceptors (Lipinski definition) is 3. The Hall–Kier alpha value is -3.17. The van der Waals surface area contributed by atoms with Gasteiger partial charge in [0.15, 0.2) is 0 Å². The highest BCUT2D eigenvalue weighted by Gasteiger charge is 2.38. The van der Waals surface area contributed by atoms with Crippen LogP contribution in [0.1, 0.15) is 23.1 Å². The van der Waals surface area contributed by atoms with Crippen LogP contribution in [-0.2, 0) is 19.9 Å². The number of hydrogen-bond donors (Lipinski definition) is 0. The lowest BCUT2D eigenvalue weighted by molar-refractivity contribution is -0.142. The molecule has 3 rings (SSSR count). The average Bonchev–Trinajstić information content (AvgIpc) is 2.80. The SMILES string of the molecule is C=C[C@H](COC(c1ccccc1)(c1ccccc1)c1ccccc1)CC(=O)OC. The zero-order valence-corrected chi connectivity index (χ0v) is 16.7. The van der Waals surface area contributed by atoms with Crippen LogP contribution in [0.15, 0.2) is 104 Å². The molecule has 3 heteroatoms. The number of ether oxygens (including phenoxy) is 2. The molecular weight excluding hydrogens is 360 g/mol. The first kappa shape index (κ1) is 20.6. The maximum absolute atomic E-state index is 11.8. The molecule has 0 aliphatic rings. The van der Waals surface area contributed by atoms with Crippen LogP contribution < -0.4 is 0 Å². The maximum atomic E-state index is 11.8. The topological polar surface area (TPSA) is 35.5 Å². The van der Waals surface area contributed by atoms with Gasteiger partial charge in [0.25, 0.3) is 0 Å². The van der Waals surface area contributed by atoms with Gasteiger partial charge in [0.05, 0.1) is 20.1 Å². The van der Waals surface area contributed by atoms with Crippen LogP contribution in [0.5, 0.6) is 0 Å². The fourth-order valence-corrected chi connectivity index (χ4v) is 3.51. The van der Waals surface area contributed by atoms with E-state index in [1.165, 1.54) is 7.11 Å². The van der Waals surface area contributed by atoms with Gasteiger partial charge in [-0.3, -0.25) is 4.79 Å². The molecule has 0 N–H and O–H groups in total. The summed E-state index contributed by atoms with van der Waals surface area (Å²) in [4.78, 5) is 11.8. The molecule has 0 saturated carbocycles. The Kier molecular flexibility index (Phi) is 6.99. The van der Waals surface area contributed by atoms with Crippen LogP contribution in [0.25, 0.3) is 0 Å². The minimum atomic E-state index is -0.804. The minimum absolute atomic E-state index is 0.155. The van der Waals surface area contributed by atoms with Crippen LogP contribution in [0.2, 0.25) is 0 Å². The Balaban J connectivity index is 2.10. The van der Waals surface area contributed by atoms with Gasteiger partial charge < -0.3 is 9.47 Å². The molecule has 0 aromatic heterocycles. The molecule has 3 aromatic carbocycles. The first-order valence-corrected chi connectivity index (χ1v) is 9.70. The van der Waals surface area contributed by atoms with Gasteiger partial charge in [0.1, 0.15) is 5.60 Å². The van der Waals surface area contributed by atoms with E-state index in [4.69, 9.17) is 9.47 Å². The molecule has 3 aromatic rings. The molecule has 0 spiro atoms. The molecule has 0 unspecified atom stereocenters. The van der Waals surface area contributed by atoms with Crippen molar-refractivity contribution in [2.24, 2.45) is 5.92 Å². The molecule has 0 fully saturated rings. The molecule has 0 radical (unpaired) electrons. The van der Waals surface area contributed by atoms with Gasteiger partial charge in [-0.1, -0.05) is 97.1 Å². The summed E-state index contributed by atoms with van der Waals surface area (Å²) in [6.45, 7) is 4.21. The van der Waals surface area contributed by atoms with E-state index in [1.807, 2.05) is 54.6 Å². The van der Waals surface area contributed by atoms with Crippen molar-refractivity contribution >= 4 is 5.97 Å². The number of carbonyl (C=O) groups excluding carboxylic acids is 1. The normalized spacial score (nSPS) is 12.2. The number of rotatable bonds is 9. The van der Waals surface area contributed by atoms with Crippen molar-refractivity contribution in [3.63, 3.8) is 0 Å². The Labute approximate surface area is 172 Å². The summed E-state index contributed by atoms with van der Waals surface area (Å²) in [5.74, 6) is -0.429. The largest absolute Gasteiger partial charge is 0.469 e. The standard InChI is InChI=1S/C26H26O3/c1-3-21(19-25(27)28-2)20-29-26(22-13-7-4-8-14-22,23-15-9-5-10-16-23)24-17-11-6-12-18-24/h3-18,21H,1,19-20H2,2H3/t21-/m0/s1. The summed E-state index contributed by atoms with van der Waals surface area (Å²) in [7, 11) is 1.39. The molecule has 29 heavy (non-hydrogen) atoms. The number of benzene rings is 3.